The van der Waals surface area contributed by atoms with Crippen molar-refractivity contribution in [1.29, 1.82) is 0 Å². The van der Waals surface area contributed by atoms with E-state index in [-0.39, 0.29) is 0 Å². The van der Waals surface area contributed by atoms with Crippen LogP contribution < -0.4 is 15.5 Å². The van der Waals surface area contributed by atoms with Gasteiger partial charge in [-0.1, -0.05) is 13.8 Å². The molecular weight excluding hydrogens is 320 g/mol. The normalized spacial score (nSPS) is 17.7. The Hall–Kier alpha value is -1.73. The topological polar surface area (TPSA) is 66.0 Å². The number of hydrogen-bond acceptors (Lipinski definition) is 7. The van der Waals surface area contributed by atoms with E-state index in [2.05, 4.69) is 49.7 Å². The summed E-state index contributed by atoms with van der Waals surface area (Å²) in [5, 5.41) is 10.0. The number of nitrogens with zero attached hydrogens (tertiary/aromatic N) is 4. The number of anilines is 2. The molecule has 0 aliphatic carbocycles. The van der Waals surface area contributed by atoms with Gasteiger partial charge in [-0.25, -0.2) is 15.0 Å². The van der Waals surface area contributed by atoms with Crippen molar-refractivity contribution in [3.63, 3.8) is 0 Å². The molecule has 0 aromatic carbocycles. The second-order valence-corrected chi connectivity index (χ2v) is 7.35. The molecule has 0 spiro atoms. The molecule has 130 valence electrons. The molecule has 1 atom stereocenters. The summed E-state index contributed by atoms with van der Waals surface area (Å²) in [5.41, 5.74) is 1.15. The van der Waals surface area contributed by atoms with E-state index in [1.807, 2.05) is 13.1 Å². The summed E-state index contributed by atoms with van der Waals surface area (Å²) in [7, 11) is 1.88. The lowest BCUT2D eigenvalue weighted by Gasteiger charge is -2.26. The Bertz CT molecular complexity index is 656. The van der Waals surface area contributed by atoms with Crippen LogP contribution in [0, 0.1) is 0 Å². The molecule has 1 unspecified atom stereocenters. The molecule has 1 aliphatic rings. The van der Waals surface area contributed by atoms with Crippen LogP contribution in [0.2, 0.25) is 0 Å². The van der Waals surface area contributed by atoms with Crippen LogP contribution in [0.5, 0.6) is 0 Å². The van der Waals surface area contributed by atoms with Crippen LogP contribution in [0.3, 0.4) is 0 Å². The summed E-state index contributed by atoms with van der Waals surface area (Å²) in [5.74, 6) is 2.38. The first-order valence-corrected chi connectivity index (χ1v) is 9.46. The van der Waals surface area contributed by atoms with E-state index in [0.29, 0.717) is 12.0 Å². The first-order chi connectivity index (χ1) is 11.7. The predicted molar refractivity (Wildman–Crippen MR) is 99.9 cm³/mol. The Labute approximate surface area is 147 Å². The summed E-state index contributed by atoms with van der Waals surface area (Å²) in [4.78, 5) is 15.7. The molecule has 0 amide bonds. The zero-order valence-corrected chi connectivity index (χ0v) is 15.4. The molecule has 2 N–H and O–H groups in total. The maximum absolute atomic E-state index is 4.69. The lowest BCUT2D eigenvalue weighted by atomic mass is 10.2. The van der Waals surface area contributed by atoms with Crippen LogP contribution in [-0.2, 0) is 6.54 Å². The zero-order valence-electron chi connectivity index (χ0n) is 14.6. The van der Waals surface area contributed by atoms with Gasteiger partial charge in [-0.05, 0) is 12.8 Å². The Kier molecular flexibility index (Phi) is 5.63. The number of aromatic nitrogens is 3. The second kappa shape index (κ2) is 7.90. The minimum atomic E-state index is 0.479. The van der Waals surface area contributed by atoms with Crippen molar-refractivity contribution < 1.29 is 0 Å². The van der Waals surface area contributed by atoms with Gasteiger partial charge in [0.25, 0.3) is 0 Å². The Morgan fingerprint density at radius 3 is 3.00 bits per heavy atom. The van der Waals surface area contributed by atoms with Gasteiger partial charge in [-0.2, -0.15) is 0 Å². The summed E-state index contributed by atoms with van der Waals surface area (Å²) >= 11 is 1.76. The average molecular weight is 347 g/mol. The van der Waals surface area contributed by atoms with Gasteiger partial charge >= 0.3 is 0 Å². The van der Waals surface area contributed by atoms with E-state index >= 15 is 0 Å². The van der Waals surface area contributed by atoms with Crippen molar-refractivity contribution >= 4 is 23.0 Å². The largest absolute Gasteiger partial charge is 0.373 e. The molecule has 3 rings (SSSR count). The van der Waals surface area contributed by atoms with Crippen molar-refractivity contribution in [2.75, 3.05) is 30.4 Å². The van der Waals surface area contributed by atoms with Gasteiger partial charge in [0.15, 0.2) is 0 Å². The molecule has 1 fully saturated rings. The molecule has 24 heavy (non-hydrogen) atoms. The smallest absolute Gasteiger partial charge is 0.134 e. The SMILES string of the molecule is CNc1cc(N2CCCC2CNCc2csc(C(C)C)n2)ncn1. The molecule has 2 aromatic rings. The van der Waals surface area contributed by atoms with Gasteiger partial charge in [0.2, 0.25) is 0 Å². The minimum absolute atomic E-state index is 0.479. The summed E-state index contributed by atoms with van der Waals surface area (Å²) in [6, 6.07) is 2.50. The molecule has 7 heteroatoms. The Balaban J connectivity index is 1.55. The quantitative estimate of drug-likeness (QED) is 0.804. The second-order valence-electron chi connectivity index (χ2n) is 6.46. The summed E-state index contributed by atoms with van der Waals surface area (Å²) < 4.78 is 0. The van der Waals surface area contributed by atoms with E-state index < -0.39 is 0 Å². The molecule has 0 saturated carbocycles. The van der Waals surface area contributed by atoms with Crippen molar-refractivity contribution in [3.05, 3.63) is 28.5 Å². The number of nitrogens with one attached hydrogen (secondary N) is 2. The fraction of sp³-hybridized carbons (Fsp3) is 0.588. The maximum Gasteiger partial charge on any atom is 0.134 e. The van der Waals surface area contributed by atoms with Gasteiger partial charge in [0.1, 0.15) is 18.0 Å². The van der Waals surface area contributed by atoms with Crippen LogP contribution in [0.1, 0.15) is 43.3 Å². The summed E-state index contributed by atoms with van der Waals surface area (Å²) in [6.07, 6.45) is 4.03. The third-order valence-corrected chi connectivity index (χ3v) is 5.52. The molecule has 0 bridgehead atoms. The van der Waals surface area contributed by atoms with E-state index in [0.717, 1.165) is 37.0 Å². The predicted octanol–water partition coefficient (Wildman–Crippen LogP) is 2.86. The van der Waals surface area contributed by atoms with Crippen LogP contribution in [0.15, 0.2) is 17.8 Å². The van der Waals surface area contributed by atoms with Crippen molar-refractivity contribution in [2.45, 2.75) is 45.2 Å². The maximum atomic E-state index is 4.69. The molecule has 1 saturated heterocycles. The third-order valence-electron chi connectivity index (χ3n) is 4.33. The van der Waals surface area contributed by atoms with Crippen molar-refractivity contribution in [3.8, 4) is 0 Å². The van der Waals surface area contributed by atoms with Crippen LogP contribution in [-0.4, -0.2) is 41.1 Å². The molecular formula is C17H26N6S. The van der Waals surface area contributed by atoms with Crippen LogP contribution in [0.25, 0.3) is 0 Å². The highest BCUT2D eigenvalue weighted by Crippen LogP contribution is 2.24. The average Bonchev–Trinajstić information content (AvgIpc) is 3.24. The van der Waals surface area contributed by atoms with E-state index in [9.17, 15) is 0 Å². The van der Waals surface area contributed by atoms with Crippen LogP contribution in [0.4, 0.5) is 11.6 Å². The Morgan fingerprint density at radius 1 is 1.38 bits per heavy atom. The summed E-state index contributed by atoms with van der Waals surface area (Å²) in [6.45, 7) is 7.22. The van der Waals surface area contributed by atoms with E-state index in [1.165, 1.54) is 17.8 Å². The first kappa shape index (κ1) is 17.1. The fourth-order valence-electron chi connectivity index (χ4n) is 3.03. The molecule has 2 aromatic heterocycles. The van der Waals surface area contributed by atoms with Gasteiger partial charge in [-0.15, -0.1) is 11.3 Å². The monoisotopic (exact) mass is 346 g/mol. The van der Waals surface area contributed by atoms with Gasteiger partial charge in [0, 0.05) is 50.1 Å². The standard InChI is InChI=1S/C17H26N6S/c1-12(2)17-22-13(10-24-17)8-19-9-14-5-4-6-23(14)16-7-15(18-3)20-11-21-16/h7,10-12,14,19H,4-6,8-9H2,1-3H3,(H,18,20,21). The third kappa shape index (κ3) is 4.02. The first-order valence-electron chi connectivity index (χ1n) is 8.59. The highest BCUT2D eigenvalue weighted by molar-refractivity contribution is 7.09. The van der Waals surface area contributed by atoms with Gasteiger partial charge in [0.05, 0.1) is 10.7 Å². The van der Waals surface area contributed by atoms with Crippen molar-refractivity contribution in [2.24, 2.45) is 0 Å². The number of rotatable bonds is 7. The minimum Gasteiger partial charge on any atom is -0.373 e. The molecule has 1 aliphatic heterocycles. The molecule has 3 heterocycles. The highest BCUT2D eigenvalue weighted by atomic mass is 32.1. The lowest BCUT2D eigenvalue weighted by Crippen LogP contribution is -2.38. The molecule has 0 radical (unpaired) electrons. The van der Waals surface area contributed by atoms with E-state index in [4.69, 9.17) is 0 Å². The Morgan fingerprint density at radius 2 is 2.25 bits per heavy atom. The van der Waals surface area contributed by atoms with Crippen LogP contribution >= 0.6 is 11.3 Å². The fourth-order valence-corrected chi connectivity index (χ4v) is 3.86. The lowest BCUT2D eigenvalue weighted by molar-refractivity contribution is 0.566. The zero-order chi connectivity index (χ0) is 16.9. The highest BCUT2D eigenvalue weighted by Gasteiger charge is 2.25. The number of hydrogen-bond donors (Lipinski definition) is 2. The van der Waals surface area contributed by atoms with Crippen molar-refractivity contribution in [1.82, 2.24) is 20.3 Å². The van der Waals surface area contributed by atoms with E-state index in [1.54, 1.807) is 17.7 Å². The van der Waals surface area contributed by atoms with Gasteiger partial charge < -0.3 is 15.5 Å². The molecule has 6 nitrogen and oxygen atoms in total. The number of thiazole rings is 1. The van der Waals surface area contributed by atoms with Gasteiger partial charge in [-0.3, -0.25) is 0 Å².